The molecule has 0 amide bonds. The van der Waals surface area contributed by atoms with Crippen LogP contribution < -0.4 is 14.8 Å². The van der Waals surface area contributed by atoms with Gasteiger partial charge in [0.2, 0.25) is 0 Å². The first-order valence-corrected chi connectivity index (χ1v) is 7.85. The molecule has 1 aromatic rings. The normalized spacial score (nSPS) is 11.8. The van der Waals surface area contributed by atoms with Gasteiger partial charge in [-0.05, 0) is 50.9 Å². The summed E-state index contributed by atoms with van der Waals surface area (Å²) in [5.74, 6) is 1.58. The molecule has 21 heavy (non-hydrogen) atoms. The van der Waals surface area contributed by atoms with Crippen LogP contribution in [0.1, 0.15) is 46.1 Å². The first-order valence-electron chi connectivity index (χ1n) is 7.85. The minimum Gasteiger partial charge on any atom is -0.493 e. The van der Waals surface area contributed by atoms with Crippen LogP contribution in [0, 0.1) is 0 Å². The number of nitrogens with one attached hydrogen (secondary N) is 1. The molecule has 118 valence electrons. The van der Waals surface area contributed by atoms with E-state index in [9.17, 15) is 0 Å². The Morgan fingerprint density at radius 3 is 2.57 bits per heavy atom. The molecular formula is C18H29NO2. The van der Waals surface area contributed by atoms with Crippen molar-refractivity contribution in [2.45, 2.75) is 46.6 Å². The lowest BCUT2D eigenvalue weighted by Gasteiger charge is -2.14. The smallest absolute Gasteiger partial charge is 0.161 e. The van der Waals surface area contributed by atoms with Gasteiger partial charge in [0.05, 0.1) is 13.2 Å². The maximum Gasteiger partial charge on any atom is 0.161 e. The van der Waals surface area contributed by atoms with Gasteiger partial charge in [-0.2, -0.15) is 0 Å². The quantitative estimate of drug-likeness (QED) is 0.689. The van der Waals surface area contributed by atoms with Crippen molar-refractivity contribution in [2.75, 3.05) is 20.2 Å². The molecule has 0 heterocycles. The molecular weight excluding hydrogens is 262 g/mol. The minimum absolute atomic E-state index is 0.143. The van der Waals surface area contributed by atoms with Crippen LogP contribution in [0.5, 0.6) is 11.5 Å². The molecule has 1 rings (SSSR count). The number of methoxy groups -OCH3 is 1. The molecule has 0 bridgehead atoms. The third kappa shape index (κ3) is 6.21. The Morgan fingerprint density at radius 1 is 1.24 bits per heavy atom. The highest BCUT2D eigenvalue weighted by molar-refractivity contribution is 5.58. The van der Waals surface area contributed by atoms with Crippen LogP contribution in [0.4, 0.5) is 0 Å². The van der Waals surface area contributed by atoms with Gasteiger partial charge < -0.3 is 14.8 Å². The largest absolute Gasteiger partial charge is 0.493 e. The Morgan fingerprint density at radius 2 is 2.00 bits per heavy atom. The molecule has 3 nitrogen and oxygen atoms in total. The lowest BCUT2D eigenvalue weighted by atomic mass is 10.1. The van der Waals surface area contributed by atoms with Gasteiger partial charge in [0.15, 0.2) is 11.5 Å². The molecule has 0 aliphatic rings. The van der Waals surface area contributed by atoms with Crippen LogP contribution in [0.15, 0.2) is 23.8 Å². The molecule has 0 saturated carbocycles. The van der Waals surface area contributed by atoms with Crippen molar-refractivity contribution in [3.05, 3.63) is 29.3 Å². The van der Waals surface area contributed by atoms with Gasteiger partial charge in [-0.15, -0.1) is 0 Å². The predicted octanol–water partition coefficient (Wildman–Crippen LogP) is 4.28. The van der Waals surface area contributed by atoms with Crippen molar-refractivity contribution in [3.63, 3.8) is 0 Å². The second-order valence-electron chi connectivity index (χ2n) is 5.41. The summed E-state index contributed by atoms with van der Waals surface area (Å²) in [6, 6.07) is 6.10. The van der Waals surface area contributed by atoms with E-state index in [2.05, 4.69) is 31.3 Å². The van der Waals surface area contributed by atoms with Crippen molar-refractivity contribution < 1.29 is 9.47 Å². The summed E-state index contributed by atoms with van der Waals surface area (Å²) < 4.78 is 11.2. The standard InChI is InChI=1S/C18H29NO2/c1-6-10-19-13-15(7-2)11-16-8-9-17(21-14(3)4)18(12-16)20-5/h8-9,11-12,14,19H,6-7,10,13H2,1-5H3. The Bertz CT molecular complexity index is 453. The van der Waals surface area contributed by atoms with Crippen LogP contribution in [0.2, 0.25) is 0 Å². The lowest BCUT2D eigenvalue weighted by molar-refractivity contribution is 0.230. The molecule has 0 radical (unpaired) electrons. The molecule has 0 aliphatic carbocycles. The number of rotatable bonds is 9. The number of benzene rings is 1. The second-order valence-corrected chi connectivity index (χ2v) is 5.41. The van der Waals surface area contributed by atoms with E-state index in [0.29, 0.717) is 0 Å². The zero-order chi connectivity index (χ0) is 15.7. The van der Waals surface area contributed by atoms with Crippen molar-refractivity contribution in [1.29, 1.82) is 0 Å². The fraction of sp³-hybridized carbons (Fsp3) is 0.556. The van der Waals surface area contributed by atoms with Gasteiger partial charge in [0.1, 0.15) is 0 Å². The highest BCUT2D eigenvalue weighted by Crippen LogP contribution is 2.29. The van der Waals surface area contributed by atoms with E-state index in [-0.39, 0.29) is 6.10 Å². The molecule has 0 aliphatic heterocycles. The summed E-state index contributed by atoms with van der Waals surface area (Å²) >= 11 is 0. The van der Waals surface area contributed by atoms with Gasteiger partial charge in [0, 0.05) is 6.54 Å². The Balaban J connectivity index is 2.86. The molecule has 0 aromatic heterocycles. The van der Waals surface area contributed by atoms with E-state index in [1.165, 1.54) is 5.57 Å². The summed E-state index contributed by atoms with van der Waals surface area (Å²) in [5.41, 5.74) is 2.54. The summed E-state index contributed by atoms with van der Waals surface area (Å²) in [5, 5.41) is 3.45. The topological polar surface area (TPSA) is 30.5 Å². The molecule has 3 heteroatoms. The highest BCUT2D eigenvalue weighted by atomic mass is 16.5. The Hall–Kier alpha value is -1.48. The fourth-order valence-electron chi connectivity index (χ4n) is 2.06. The minimum atomic E-state index is 0.143. The van der Waals surface area contributed by atoms with Crippen molar-refractivity contribution >= 4 is 6.08 Å². The second kappa shape index (κ2) is 9.46. The summed E-state index contributed by atoms with van der Waals surface area (Å²) in [4.78, 5) is 0. The van der Waals surface area contributed by atoms with E-state index in [1.54, 1.807) is 7.11 Å². The Kier molecular flexibility index (Phi) is 7.91. The average Bonchev–Trinajstić information content (AvgIpc) is 2.47. The van der Waals surface area contributed by atoms with Crippen LogP contribution in [-0.4, -0.2) is 26.3 Å². The lowest BCUT2D eigenvalue weighted by Crippen LogP contribution is -2.17. The Labute approximate surface area is 129 Å². The zero-order valence-corrected chi connectivity index (χ0v) is 14.0. The molecule has 0 fully saturated rings. The summed E-state index contributed by atoms with van der Waals surface area (Å²) in [6.07, 6.45) is 4.57. The first-order chi connectivity index (χ1) is 10.1. The number of ether oxygens (including phenoxy) is 2. The number of hydrogen-bond acceptors (Lipinski definition) is 3. The first kappa shape index (κ1) is 17.6. The van der Waals surface area contributed by atoms with Gasteiger partial charge in [-0.1, -0.05) is 31.6 Å². The molecule has 0 spiro atoms. The molecule has 1 aromatic carbocycles. The van der Waals surface area contributed by atoms with Gasteiger partial charge in [0.25, 0.3) is 0 Å². The molecule has 0 unspecified atom stereocenters. The maximum absolute atomic E-state index is 5.74. The van der Waals surface area contributed by atoms with Crippen LogP contribution in [-0.2, 0) is 0 Å². The maximum atomic E-state index is 5.74. The van der Waals surface area contributed by atoms with Crippen LogP contribution in [0.25, 0.3) is 6.08 Å². The number of hydrogen-bond donors (Lipinski definition) is 1. The van der Waals surface area contributed by atoms with Crippen molar-refractivity contribution in [2.24, 2.45) is 0 Å². The fourth-order valence-corrected chi connectivity index (χ4v) is 2.06. The van der Waals surface area contributed by atoms with Gasteiger partial charge in [-0.25, -0.2) is 0 Å². The SMILES string of the molecule is CCCNCC(=Cc1ccc(OC(C)C)c(OC)c1)CC. The molecule has 0 saturated heterocycles. The van der Waals surface area contributed by atoms with E-state index in [0.717, 1.165) is 43.0 Å². The van der Waals surface area contributed by atoms with Crippen LogP contribution >= 0.6 is 0 Å². The van der Waals surface area contributed by atoms with E-state index in [4.69, 9.17) is 9.47 Å². The third-order valence-electron chi connectivity index (χ3n) is 3.15. The monoisotopic (exact) mass is 291 g/mol. The van der Waals surface area contributed by atoms with Gasteiger partial charge in [-0.3, -0.25) is 0 Å². The van der Waals surface area contributed by atoms with Gasteiger partial charge >= 0.3 is 0 Å². The van der Waals surface area contributed by atoms with Crippen LogP contribution in [0.3, 0.4) is 0 Å². The zero-order valence-electron chi connectivity index (χ0n) is 14.0. The summed E-state index contributed by atoms with van der Waals surface area (Å²) in [6.45, 7) is 10.4. The van der Waals surface area contributed by atoms with E-state index >= 15 is 0 Å². The van der Waals surface area contributed by atoms with E-state index < -0.39 is 0 Å². The van der Waals surface area contributed by atoms with E-state index in [1.807, 2.05) is 26.0 Å². The average molecular weight is 291 g/mol. The molecule has 1 N–H and O–H groups in total. The van der Waals surface area contributed by atoms with Crippen molar-refractivity contribution in [1.82, 2.24) is 5.32 Å². The highest BCUT2D eigenvalue weighted by Gasteiger charge is 2.07. The third-order valence-corrected chi connectivity index (χ3v) is 3.15. The molecule has 0 atom stereocenters. The summed E-state index contributed by atoms with van der Waals surface area (Å²) in [7, 11) is 1.68. The predicted molar refractivity (Wildman–Crippen MR) is 90.2 cm³/mol. The van der Waals surface area contributed by atoms with Crippen molar-refractivity contribution in [3.8, 4) is 11.5 Å².